The summed E-state index contributed by atoms with van der Waals surface area (Å²) in [5, 5.41) is 3.39. The zero-order valence-corrected chi connectivity index (χ0v) is 20.7. The Labute approximate surface area is 211 Å². The predicted octanol–water partition coefficient (Wildman–Crippen LogP) is 5.42. The zero-order chi connectivity index (χ0) is 24.9. The van der Waals surface area contributed by atoms with E-state index >= 15 is 0 Å². The van der Waals surface area contributed by atoms with E-state index in [0.717, 1.165) is 42.1 Å². The Hall–Kier alpha value is -3.84. The summed E-state index contributed by atoms with van der Waals surface area (Å²) in [7, 11) is 3.46. The first kappa shape index (κ1) is 23.9. The summed E-state index contributed by atoms with van der Waals surface area (Å²) in [5.74, 6) is 0.782. The van der Waals surface area contributed by atoms with Gasteiger partial charge in [-0.3, -0.25) is 4.98 Å². The van der Waals surface area contributed by atoms with Gasteiger partial charge in [0.05, 0.1) is 44.4 Å². The van der Waals surface area contributed by atoms with Crippen LogP contribution in [0.1, 0.15) is 40.2 Å². The molecule has 0 saturated carbocycles. The van der Waals surface area contributed by atoms with Gasteiger partial charge >= 0.3 is 5.97 Å². The topological polar surface area (TPSA) is 72.9 Å². The van der Waals surface area contributed by atoms with Crippen LogP contribution in [0.4, 0.5) is 17.1 Å². The van der Waals surface area contributed by atoms with Gasteiger partial charge in [-0.15, -0.1) is 0 Å². The molecule has 186 valence electrons. The minimum Gasteiger partial charge on any atom is -0.493 e. The summed E-state index contributed by atoms with van der Waals surface area (Å²) in [6, 6.07) is 16.7. The van der Waals surface area contributed by atoms with Gasteiger partial charge in [0, 0.05) is 43.1 Å². The number of ether oxygens (including phenoxy) is 3. The number of rotatable bonds is 7. The number of nitrogens with zero attached hydrogens (tertiary/aromatic N) is 2. The number of fused-ring (bicyclic) bond motifs is 1. The highest BCUT2D eigenvalue weighted by Crippen LogP contribution is 2.38. The maximum Gasteiger partial charge on any atom is 0.340 e. The molecule has 1 atom stereocenters. The molecule has 0 fully saturated rings. The van der Waals surface area contributed by atoms with Gasteiger partial charge in [0.25, 0.3) is 0 Å². The smallest absolute Gasteiger partial charge is 0.340 e. The van der Waals surface area contributed by atoms with Crippen LogP contribution in [-0.4, -0.2) is 51.5 Å². The number of carbonyl (C=O) groups excluding carboxylic acids is 1. The normalized spacial score (nSPS) is 16.8. The molecule has 2 aromatic carbocycles. The fraction of sp³-hybridized carbons (Fsp3) is 0.310. The summed E-state index contributed by atoms with van der Waals surface area (Å²) in [4.78, 5) is 18.4. The van der Waals surface area contributed by atoms with Gasteiger partial charge in [0.15, 0.2) is 0 Å². The number of nitrogens with one attached hydrogen (secondary N) is 1. The Kier molecular flexibility index (Phi) is 7.18. The van der Waals surface area contributed by atoms with Crippen molar-refractivity contribution >= 4 is 28.6 Å². The highest BCUT2D eigenvalue weighted by atomic mass is 16.5. The predicted molar refractivity (Wildman–Crippen MR) is 141 cm³/mol. The first-order chi connectivity index (χ1) is 17.6. The number of hydrogen-bond acceptors (Lipinski definition) is 7. The van der Waals surface area contributed by atoms with Crippen LogP contribution in [-0.2, 0) is 9.47 Å². The highest BCUT2D eigenvalue weighted by Gasteiger charge is 2.23. The lowest BCUT2D eigenvalue weighted by atomic mass is 9.92. The lowest BCUT2D eigenvalue weighted by molar-refractivity contribution is 0.0601. The van der Waals surface area contributed by atoms with Crippen molar-refractivity contribution in [3.63, 3.8) is 0 Å². The highest BCUT2D eigenvalue weighted by molar-refractivity contribution is 5.95. The molecular weight excluding hydrogens is 454 g/mol. The van der Waals surface area contributed by atoms with Crippen molar-refractivity contribution in [3.8, 4) is 5.75 Å². The van der Waals surface area contributed by atoms with E-state index in [9.17, 15) is 4.79 Å². The fourth-order valence-electron chi connectivity index (χ4n) is 4.77. The molecule has 3 heterocycles. The van der Waals surface area contributed by atoms with E-state index in [0.29, 0.717) is 31.0 Å². The number of pyridine rings is 1. The molecule has 1 N–H and O–H groups in total. The molecule has 36 heavy (non-hydrogen) atoms. The minimum atomic E-state index is -0.377. The van der Waals surface area contributed by atoms with Gasteiger partial charge in [-0.2, -0.15) is 0 Å². The van der Waals surface area contributed by atoms with Gasteiger partial charge in [0.1, 0.15) is 5.75 Å². The van der Waals surface area contributed by atoms with Crippen molar-refractivity contribution < 1.29 is 19.0 Å². The third-order valence-corrected chi connectivity index (χ3v) is 6.90. The van der Waals surface area contributed by atoms with Crippen LogP contribution in [0.3, 0.4) is 0 Å². The van der Waals surface area contributed by atoms with Crippen molar-refractivity contribution in [1.29, 1.82) is 0 Å². The molecule has 0 unspecified atom stereocenters. The number of esters is 1. The maximum atomic E-state index is 12.1. The Balaban J connectivity index is 1.30. The van der Waals surface area contributed by atoms with Gasteiger partial charge in [-0.05, 0) is 53.8 Å². The summed E-state index contributed by atoms with van der Waals surface area (Å²) in [6.07, 6.45) is 7.27. The van der Waals surface area contributed by atoms with E-state index < -0.39 is 0 Å². The largest absolute Gasteiger partial charge is 0.493 e. The quantitative estimate of drug-likeness (QED) is 0.448. The van der Waals surface area contributed by atoms with Crippen molar-refractivity contribution in [2.24, 2.45) is 0 Å². The van der Waals surface area contributed by atoms with E-state index in [1.807, 2.05) is 0 Å². The van der Waals surface area contributed by atoms with Crippen LogP contribution in [0.25, 0.3) is 5.57 Å². The van der Waals surface area contributed by atoms with Crippen LogP contribution in [0.2, 0.25) is 0 Å². The molecule has 2 aliphatic heterocycles. The van der Waals surface area contributed by atoms with E-state index in [1.165, 1.54) is 18.2 Å². The van der Waals surface area contributed by atoms with Crippen molar-refractivity contribution in [1.82, 2.24) is 4.98 Å². The standard InChI is InChI=1S/C29H31N3O4/c1-32(23-5-3-20(4-6-23)21-10-14-35-15-11-21)24-7-8-25-22(12-16-36-28(25)17-24)18-31-27-19-30-13-9-26(27)29(33)34-2/h3-10,13,17,19,22,31H,11-12,14-16,18H2,1-2H3/t22-/m0/s1. The van der Waals surface area contributed by atoms with Crippen LogP contribution < -0.4 is 15.0 Å². The van der Waals surface area contributed by atoms with Crippen LogP contribution in [0.5, 0.6) is 5.75 Å². The van der Waals surface area contributed by atoms with Crippen LogP contribution >= 0.6 is 0 Å². The number of aromatic nitrogens is 1. The van der Waals surface area contributed by atoms with Gasteiger partial charge in [-0.1, -0.05) is 24.3 Å². The Morgan fingerprint density at radius 2 is 1.97 bits per heavy atom. The average Bonchev–Trinajstić information content (AvgIpc) is 2.95. The van der Waals surface area contributed by atoms with Gasteiger partial charge < -0.3 is 24.4 Å². The van der Waals surface area contributed by atoms with E-state index in [1.54, 1.807) is 18.5 Å². The number of carbonyl (C=O) groups is 1. The Bertz CT molecular complexity index is 1260. The molecule has 0 saturated heterocycles. The molecule has 7 heteroatoms. The van der Waals surface area contributed by atoms with Crippen LogP contribution in [0.15, 0.2) is 67.0 Å². The molecule has 1 aromatic heterocycles. The molecule has 3 aromatic rings. The second-order valence-corrected chi connectivity index (χ2v) is 9.01. The molecule has 5 rings (SSSR count). The summed E-state index contributed by atoms with van der Waals surface area (Å²) in [5.41, 5.74) is 7.11. The lowest BCUT2D eigenvalue weighted by Gasteiger charge is -2.29. The van der Waals surface area contributed by atoms with Crippen molar-refractivity contribution in [2.75, 3.05) is 50.7 Å². The van der Waals surface area contributed by atoms with E-state index in [4.69, 9.17) is 14.2 Å². The van der Waals surface area contributed by atoms with Crippen molar-refractivity contribution in [2.45, 2.75) is 18.8 Å². The molecular formula is C29H31N3O4. The van der Waals surface area contributed by atoms with E-state index in [2.05, 4.69) is 70.8 Å². The summed E-state index contributed by atoms with van der Waals surface area (Å²) < 4.78 is 16.4. The van der Waals surface area contributed by atoms with Gasteiger partial charge in [0.2, 0.25) is 0 Å². The molecule has 7 nitrogen and oxygen atoms in total. The molecule has 0 aliphatic carbocycles. The van der Waals surface area contributed by atoms with Gasteiger partial charge in [-0.25, -0.2) is 4.79 Å². The first-order valence-electron chi connectivity index (χ1n) is 12.3. The number of hydrogen-bond donors (Lipinski definition) is 1. The number of methoxy groups -OCH3 is 1. The second kappa shape index (κ2) is 10.8. The SMILES string of the molecule is COC(=O)c1ccncc1NC[C@@H]1CCOc2cc(N(C)c3ccc(C4=CCOCC4)cc3)ccc21. The Morgan fingerprint density at radius 3 is 2.75 bits per heavy atom. The molecule has 2 aliphatic rings. The molecule has 0 bridgehead atoms. The number of benzene rings is 2. The monoisotopic (exact) mass is 485 g/mol. The Morgan fingerprint density at radius 1 is 1.14 bits per heavy atom. The second-order valence-electron chi connectivity index (χ2n) is 9.01. The fourth-order valence-corrected chi connectivity index (χ4v) is 4.77. The van der Waals surface area contributed by atoms with E-state index in [-0.39, 0.29) is 11.9 Å². The number of anilines is 3. The third-order valence-electron chi connectivity index (χ3n) is 6.90. The first-order valence-corrected chi connectivity index (χ1v) is 12.3. The molecule has 0 amide bonds. The molecule has 0 radical (unpaired) electrons. The lowest BCUT2D eigenvalue weighted by Crippen LogP contribution is -2.22. The average molecular weight is 486 g/mol. The van der Waals surface area contributed by atoms with Crippen molar-refractivity contribution in [3.05, 3.63) is 83.7 Å². The molecule has 0 spiro atoms. The van der Waals surface area contributed by atoms with Crippen LogP contribution in [0, 0.1) is 0 Å². The summed E-state index contributed by atoms with van der Waals surface area (Å²) >= 11 is 0. The summed E-state index contributed by atoms with van der Waals surface area (Å²) in [6.45, 7) is 2.80. The minimum absolute atomic E-state index is 0.255. The zero-order valence-electron chi connectivity index (χ0n) is 20.7. The maximum absolute atomic E-state index is 12.1. The third kappa shape index (κ3) is 5.06.